The second-order valence-corrected chi connectivity index (χ2v) is 5.94. The lowest BCUT2D eigenvalue weighted by molar-refractivity contribution is -0.397. The molecule has 1 aromatic rings. The van der Waals surface area contributed by atoms with E-state index in [1.54, 1.807) is 20.8 Å². The van der Waals surface area contributed by atoms with Crippen LogP contribution in [0.15, 0.2) is 0 Å². The van der Waals surface area contributed by atoms with E-state index in [1.807, 2.05) is 0 Å². The number of nitrogens with zero attached hydrogens (tertiary/aromatic N) is 2. The zero-order valence-electron chi connectivity index (χ0n) is 12.7. The number of aldehydes is 1. The number of benzene rings is 1. The Balaban J connectivity index is 4.06. The Hall–Kier alpha value is -2.31. The first-order valence-electron chi connectivity index (χ1n) is 6.43. The van der Waals surface area contributed by atoms with E-state index in [2.05, 4.69) is 0 Å². The van der Waals surface area contributed by atoms with E-state index >= 15 is 0 Å². The summed E-state index contributed by atoms with van der Waals surface area (Å²) in [7, 11) is 0. The highest BCUT2D eigenvalue weighted by atomic mass is 16.6. The Morgan fingerprint density at radius 3 is 1.62 bits per heavy atom. The van der Waals surface area contributed by atoms with E-state index in [4.69, 9.17) is 0 Å². The quantitative estimate of drug-likeness (QED) is 0.482. The number of rotatable bonds is 4. The third kappa shape index (κ3) is 2.91. The van der Waals surface area contributed by atoms with Crippen molar-refractivity contribution in [3.8, 4) is 0 Å². The largest absolute Gasteiger partial charge is 0.303 e. The number of nitro groups is 2. The first kappa shape index (κ1) is 16.7. The summed E-state index contributed by atoms with van der Waals surface area (Å²) in [4.78, 5) is 32.4. The normalized spacial score (nSPS) is 11.3. The van der Waals surface area contributed by atoms with E-state index in [1.165, 1.54) is 13.8 Å². The van der Waals surface area contributed by atoms with Crippen molar-refractivity contribution in [1.82, 2.24) is 0 Å². The van der Waals surface area contributed by atoms with Crippen LogP contribution in [0.1, 0.15) is 43.0 Å². The van der Waals surface area contributed by atoms with Crippen LogP contribution >= 0.6 is 0 Å². The molecule has 0 saturated carbocycles. The first-order valence-corrected chi connectivity index (χ1v) is 6.43. The molecule has 114 valence electrons. The third-order valence-electron chi connectivity index (χ3n) is 3.49. The smallest absolute Gasteiger partial charge is 0.283 e. The van der Waals surface area contributed by atoms with Crippen LogP contribution < -0.4 is 0 Å². The fourth-order valence-corrected chi connectivity index (χ4v) is 2.61. The molecule has 0 radical (unpaired) electrons. The fraction of sp³-hybridized carbons (Fsp3) is 0.500. The van der Waals surface area contributed by atoms with Crippen LogP contribution in [0.4, 0.5) is 11.4 Å². The summed E-state index contributed by atoms with van der Waals surface area (Å²) in [6, 6.07) is 0. The summed E-state index contributed by atoms with van der Waals surface area (Å²) >= 11 is 0. The maximum atomic E-state index is 11.4. The summed E-state index contributed by atoms with van der Waals surface area (Å²) in [5.74, 6) is 0. The van der Waals surface area contributed by atoms with Gasteiger partial charge in [0, 0.05) is 23.0 Å². The molecule has 0 bridgehead atoms. The molecule has 0 heterocycles. The van der Waals surface area contributed by atoms with Gasteiger partial charge in [-0.3, -0.25) is 20.2 Å². The summed E-state index contributed by atoms with van der Waals surface area (Å²) in [5, 5.41) is 22.9. The highest BCUT2D eigenvalue weighted by molar-refractivity contribution is 5.71. The molecule has 1 rings (SSSR count). The molecule has 0 amide bonds. The van der Waals surface area contributed by atoms with Gasteiger partial charge in [-0.2, -0.15) is 0 Å². The Bertz CT molecular complexity index is 588. The molecule has 0 aromatic heterocycles. The van der Waals surface area contributed by atoms with Gasteiger partial charge in [-0.1, -0.05) is 20.8 Å². The second-order valence-electron chi connectivity index (χ2n) is 5.94. The van der Waals surface area contributed by atoms with Crippen LogP contribution in [-0.2, 0) is 16.6 Å². The molecule has 0 spiro atoms. The van der Waals surface area contributed by atoms with Crippen molar-refractivity contribution >= 4 is 17.7 Å². The van der Waals surface area contributed by atoms with Gasteiger partial charge in [-0.15, -0.1) is 0 Å². The van der Waals surface area contributed by atoms with Crippen LogP contribution in [0, 0.1) is 34.1 Å². The Kier molecular flexibility index (Phi) is 4.46. The SMILES string of the molecule is Cc1c(CC=O)c(C)c([N+](=O)[O-])c(C(C)(C)C)c1[N+](=O)[O-]. The van der Waals surface area contributed by atoms with Crippen molar-refractivity contribution in [2.24, 2.45) is 0 Å². The van der Waals surface area contributed by atoms with Gasteiger partial charge in [0.25, 0.3) is 11.4 Å². The van der Waals surface area contributed by atoms with E-state index < -0.39 is 15.3 Å². The third-order valence-corrected chi connectivity index (χ3v) is 3.49. The van der Waals surface area contributed by atoms with E-state index in [0.717, 1.165) is 0 Å². The molecule has 0 N–H and O–H groups in total. The highest BCUT2D eigenvalue weighted by Crippen LogP contribution is 2.44. The van der Waals surface area contributed by atoms with Gasteiger partial charge < -0.3 is 4.79 Å². The standard InChI is InChI=1S/C14H18N2O5/c1-8-10(6-7-17)9(2)13(16(20)21)11(14(3,4)5)12(8)15(18)19/h7H,6H2,1-5H3. The van der Waals surface area contributed by atoms with Crippen LogP contribution in [-0.4, -0.2) is 16.1 Å². The Morgan fingerprint density at radius 2 is 1.38 bits per heavy atom. The number of hydrogen-bond donors (Lipinski definition) is 0. The van der Waals surface area contributed by atoms with Gasteiger partial charge in [-0.05, 0) is 19.4 Å². The minimum Gasteiger partial charge on any atom is -0.303 e. The van der Waals surface area contributed by atoms with E-state index in [-0.39, 0.29) is 23.4 Å². The summed E-state index contributed by atoms with van der Waals surface area (Å²) in [6.45, 7) is 8.15. The average Bonchev–Trinajstić information content (AvgIpc) is 2.31. The molecule has 21 heavy (non-hydrogen) atoms. The zero-order chi connectivity index (χ0) is 16.5. The van der Waals surface area contributed by atoms with Gasteiger partial charge in [0.15, 0.2) is 0 Å². The summed E-state index contributed by atoms with van der Waals surface area (Å²) < 4.78 is 0. The predicted molar refractivity (Wildman–Crippen MR) is 77.7 cm³/mol. The molecular weight excluding hydrogens is 276 g/mol. The average molecular weight is 294 g/mol. The van der Waals surface area contributed by atoms with Crippen LogP contribution in [0.3, 0.4) is 0 Å². The lowest BCUT2D eigenvalue weighted by Gasteiger charge is -2.22. The highest BCUT2D eigenvalue weighted by Gasteiger charge is 2.38. The van der Waals surface area contributed by atoms with Crippen LogP contribution in [0.2, 0.25) is 0 Å². The van der Waals surface area contributed by atoms with Crippen molar-refractivity contribution in [1.29, 1.82) is 0 Å². The van der Waals surface area contributed by atoms with Crippen LogP contribution in [0.25, 0.3) is 0 Å². The van der Waals surface area contributed by atoms with Crippen LogP contribution in [0.5, 0.6) is 0 Å². The molecule has 0 aliphatic carbocycles. The van der Waals surface area contributed by atoms with Gasteiger partial charge in [0.1, 0.15) is 11.8 Å². The minimum atomic E-state index is -0.764. The molecule has 0 unspecified atom stereocenters. The molecular formula is C14H18N2O5. The summed E-state index contributed by atoms with van der Waals surface area (Å²) in [5.41, 5.74) is -0.202. The zero-order valence-corrected chi connectivity index (χ0v) is 12.7. The van der Waals surface area contributed by atoms with Gasteiger partial charge >= 0.3 is 0 Å². The van der Waals surface area contributed by atoms with E-state index in [9.17, 15) is 25.0 Å². The van der Waals surface area contributed by atoms with E-state index in [0.29, 0.717) is 23.0 Å². The van der Waals surface area contributed by atoms with Gasteiger partial charge in [0.2, 0.25) is 0 Å². The van der Waals surface area contributed by atoms with Crippen molar-refractivity contribution in [2.75, 3.05) is 0 Å². The molecule has 0 saturated heterocycles. The molecule has 7 heteroatoms. The number of carbonyl (C=O) groups excluding carboxylic acids is 1. The number of carbonyl (C=O) groups is 1. The molecule has 1 aromatic carbocycles. The Morgan fingerprint density at radius 1 is 1.00 bits per heavy atom. The maximum absolute atomic E-state index is 11.4. The lowest BCUT2D eigenvalue weighted by Crippen LogP contribution is -2.19. The molecule has 7 nitrogen and oxygen atoms in total. The molecule has 0 aliphatic rings. The van der Waals surface area contributed by atoms with Gasteiger partial charge in [0.05, 0.1) is 9.85 Å². The van der Waals surface area contributed by atoms with Crippen molar-refractivity contribution in [3.63, 3.8) is 0 Å². The number of nitro benzene ring substituents is 2. The molecule has 0 fully saturated rings. The molecule has 0 aliphatic heterocycles. The maximum Gasteiger partial charge on any atom is 0.283 e. The van der Waals surface area contributed by atoms with Crippen molar-refractivity contribution in [3.05, 3.63) is 42.5 Å². The first-order chi connectivity index (χ1) is 9.53. The predicted octanol–water partition coefficient (Wildman–Crippen LogP) is 3.16. The Labute approximate surface area is 122 Å². The second kappa shape index (κ2) is 5.59. The lowest BCUT2D eigenvalue weighted by atomic mass is 9.80. The minimum absolute atomic E-state index is 0.0796. The monoisotopic (exact) mass is 294 g/mol. The van der Waals surface area contributed by atoms with Crippen molar-refractivity contribution in [2.45, 2.75) is 46.5 Å². The topological polar surface area (TPSA) is 103 Å². The van der Waals surface area contributed by atoms with Crippen molar-refractivity contribution < 1.29 is 14.6 Å². The summed E-state index contributed by atoms with van der Waals surface area (Å²) in [6.07, 6.45) is 0.517. The molecule has 0 atom stereocenters. The van der Waals surface area contributed by atoms with Gasteiger partial charge in [-0.25, -0.2) is 0 Å². The fourth-order valence-electron chi connectivity index (χ4n) is 2.61. The number of hydrogen-bond acceptors (Lipinski definition) is 5.